The second-order valence-electron chi connectivity index (χ2n) is 6.46. The molecule has 0 spiro atoms. The molecule has 1 aliphatic carbocycles. The maximum atomic E-state index is 11.8. The van der Waals surface area contributed by atoms with Gasteiger partial charge in [0.1, 0.15) is 11.4 Å². The first-order valence-corrected chi connectivity index (χ1v) is 7.33. The van der Waals surface area contributed by atoms with Gasteiger partial charge in [-0.05, 0) is 58.2 Å². The number of nitrogens with one attached hydrogen (secondary N) is 1. The summed E-state index contributed by atoms with van der Waals surface area (Å²) in [6.07, 6.45) is 1.13. The van der Waals surface area contributed by atoms with Gasteiger partial charge in [-0.3, -0.25) is 10.1 Å². The molecule has 114 valence electrons. The van der Waals surface area contributed by atoms with Gasteiger partial charge < -0.3 is 4.74 Å². The highest BCUT2D eigenvalue weighted by Crippen LogP contribution is 2.49. The van der Waals surface area contributed by atoms with Crippen LogP contribution >= 0.6 is 11.6 Å². The number of hydrogen-bond acceptors (Lipinski definition) is 3. The van der Waals surface area contributed by atoms with Gasteiger partial charge in [0, 0.05) is 0 Å². The molecule has 1 fully saturated rings. The SMILES string of the molecule is CC(=O)C1(c2ccc(Cl)c(NC(=O)OC(C)(C)C)c2)CC1. The molecular weight excluding hydrogens is 290 g/mol. The van der Waals surface area contributed by atoms with Gasteiger partial charge in [-0.2, -0.15) is 0 Å². The maximum absolute atomic E-state index is 11.8. The Morgan fingerprint density at radius 1 is 1.29 bits per heavy atom. The molecule has 1 N–H and O–H groups in total. The molecule has 1 aromatic rings. The molecular formula is C16H20ClNO3. The van der Waals surface area contributed by atoms with Gasteiger partial charge in [0.25, 0.3) is 0 Å². The van der Waals surface area contributed by atoms with Crippen LogP contribution in [0, 0.1) is 0 Å². The van der Waals surface area contributed by atoms with Crippen LogP contribution in [0.1, 0.15) is 46.1 Å². The van der Waals surface area contributed by atoms with Crippen molar-refractivity contribution >= 4 is 29.2 Å². The van der Waals surface area contributed by atoms with E-state index < -0.39 is 17.1 Å². The van der Waals surface area contributed by atoms with E-state index >= 15 is 0 Å². The van der Waals surface area contributed by atoms with Crippen molar-refractivity contribution in [3.05, 3.63) is 28.8 Å². The third kappa shape index (κ3) is 3.56. The third-order valence-corrected chi connectivity index (χ3v) is 3.91. The summed E-state index contributed by atoms with van der Waals surface area (Å²) in [5.74, 6) is 0.146. The Labute approximate surface area is 129 Å². The number of benzene rings is 1. The Morgan fingerprint density at radius 3 is 2.38 bits per heavy atom. The second-order valence-corrected chi connectivity index (χ2v) is 6.87. The van der Waals surface area contributed by atoms with E-state index in [0.717, 1.165) is 18.4 Å². The Kier molecular flexibility index (Phi) is 4.02. The highest BCUT2D eigenvalue weighted by Gasteiger charge is 2.48. The summed E-state index contributed by atoms with van der Waals surface area (Å²) < 4.78 is 5.21. The first-order valence-electron chi connectivity index (χ1n) is 6.95. The lowest BCUT2D eigenvalue weighted by Gasteiger charge is -2.20. The fourth-order valence-corrected chi connectivity index (χ4v) is 2.47. The molecule has 0 heterocycles. The van der Waals surface area contributed by atoms with E-state index in [0.29, 0.717) is 10.7 Å². The number of rotatable bonds is 3. The van der Waals surface area contributed by atoms with Gasteiger partial charge in [0.15, 0.2) is 0 Å². The van der Waals surface area contributed by atoms with Crippen LogP contribution in [0.2, 0.25) is 5.02 Å². The molecule has 0 aromatic heterocycles. The van der Waals surface area contributed by atoms with E-state index in [4.69, 9.17) is 16.3 Å². The minimum absolute atomic E-state index is 0.146. The monoisotopic (exact) mass is 309 g/mol. The van der Waals surface area contributed by atoms with Gasteiger partial charge in [0.05, 0.1) is 16.1 Å². The Bertz CT molecular complexity index is 586. The Hall–Kier alpha value is -1.55. The van der Waals surface area contributed by atoms with Crippen LogP contribution < -0.4 is 5.32 Å². The van der Waals surface area contributed by atoms with E-state index in [1.165, 1.54) is 0 Å². The molecule has 2 rings (SSSR count). The van der Waals surface area contributed by atoms with Crippen LogP contribution in [-0.4, -0.2) is 17.5 Å². The second kappa shape index (κ2) is 5.34. The highest BCUT2D eigenvalue weighted by atomic mass is 35.5. The molecule has 4 nitrogen and oxygen atoms in total. The van der Waals surface area contributed by atoms with Gasteiger partial charge in [-0.25, -0.2) is 4.79 Å². The first kappa shape index (κ1) is 15.8. The van der Waals surface area contributed by atoms with E-state index in [1.807, 2.05) is 6.07 Å². The van der Waals surface area contributed by atoms with Crippen molar-refractivity contribution in [1.29, 1.82) is 0 Å². The maximum Gasteiger partial charge on any atom is 0.412 e. The summed E-state index contributed by atoms with van der Waals surface area (Å²) in [5.41, 5.74) is 0.390. The van der Waals surface area contributed by atoms with Gasteiger partial charge in [-0.15, -0.1) is 0 Å². The average molecular weight is 310 g/mol. The van der Waals surface area contributed by atoms with Crippen molar-refractivity contribution < 1.29 is 14.3 Å². The molecule has 0 aliphatic heterocycles. The van der Waals surface area contributed by atoms with Gasteiger partial charge in [0.2, 0.25) is 0 Å². The zero-order chi connectivity index (χ0) is 15.8. The molecule has 0 atom stereocenters. The summed E-state index contributed by atoms with van der Waals surface area (Å²) in [6, 6.07) is 5.31. The van der Waals surface area contributed by atoms with Crippen molar-refractivity contribution in [3.8, 4) is 0 Å². The van der Waals surface area contributed by atoms with Crippen LogP contribution in [0.3, 0.4) is 0 Å². The fraction of sp³-hybridized carbons (Fsp3) is 0.500. The lowest BCUT2D eigenvalue weighted by molar-refractivity contribution is -0.119. The summed E-state index contributed by atoms with van der Waals surface area (Å²) in [4.78, 5) is 23.6. The predicted molar refractivity (Wildman–Crippen MR) is 82.9 cm³/mol. The number of Topliss-reactive ketones (excluding diaryl/α,β-unsaturated/α-hetero) is 1. The molecule has 21 heavy (non-hydrogen) atoms. The van der Waals surface area contributed by atoms with Crippen molar-refractivity contribution in [1.82, 2.24) is 0 Å². The lowest BCUT2D eigenvalue weighted by atomic mass is 9.92. The van der Waals surface area contributed by atoms with E-state index in [1.54, 1.807) is 39.8 Å². The number of carbonyl (C=O) groups excluding carboxylic acids is 2. The third-order valence-electron chi connectivity index (χ3n) is 3.58. The molecule has 5 heteroatoms. The lowest BCUT2D eigenvalue weighted by Crippen LogP contribution is -2.27. The predicted octanol–water partition coefficient (Wildman–Crippen LogP) is 4.31. The number of ether oxygens (including phenoxy) is 1. The van der Waals surface area contributed by atoms with Crippen LogP contribution in [0.15, 0.2) is 18.2 Å². The molecule has 0 radical (unpaired) electrons. The largest absolute Gasteiger partial charge is 0.444 e. The minimum atomic E-state index is -0.578. The normalized spacial score (nSPS) is 16.2. The van der Waals surface area contributed by atoms with Crippen LogP contribution in [-0.2, 0) is 14.9 Å². The summed E-state index contributed by atoms with van der Waals surface area (Å²) >= 11 is 6.11. The fourth-order valence-electron chi connectivity index (χ4n) is 2.30. The van der Waals surface area contributed by atoms with Gasteiger partial charge >= 0.3 is 6.09 Å². The van der Waals surface area contributed by atoms with E-state index in [9.17, 15) is 9.59 Å². The highest BCUT2D eigenvalue weighted by molar-refractivity contribution is 6.33. The number of hydrogen-bond donors (Lipinski definition) is 1. The average Bonchev–Trinajstić information content (AvgIpc) is 3.10. The molecule has 0 saturated heterocycles. The molecule has 1 amide bonds. The van der Waals surface area contributed by atoms with Crippen LogP contribution in [0.4, 0.5) is 10.5 Å². The molecule has 1 aromatic carbocycles. The number of anilines is 1. The first-order chi connectivity index (χ1) is 9.64. The van der Waals surface area contributed by atoms with Crippen molar-refractivity contribution in [2.75, 3.05) is 5.32 Å². The number of amides is 1. The number of ketones is 1. The minimum Gasteiger partial charge on any atom is -0.444 e. The van der Waals surface area contributed by atoms with E-state index in [-0.39, 0.29) is 5.78 Å². The Balaban J connectivity index is 2.21. The zero-order valence-electron chi connectivity index (χ0n) is 12.7. The van der Waals surface area contributed by atoms with Crippen LogP contribution in [0.5, 0.6) is 0 Å². The number of carbonyl (C=O) groups is 2. The number of halogens is 1. The Morgan fingerprint density at radius 2 is 1.90 bits per heavy atom. The molecule has 0 unspecified atom stereocenters. The van der Waals surface area contributed by atoms with Crippen molar-refractivity contribution in [2.24, 2.45) is 0 Å². The molecule has 1 saturated carbocycles. The van der Waals surface area contributed by atoms with E-state index in [2.05, 4.69) is 5.32 Å². The summed E-state index contributed by atoms with van der Waals surface area (Å²) in [7, 11) is 0. The smallest absolute Gasteiger partial charge is 0.412 e. The van der Waals surface area contributed by atoms with Crippen molar-refractivity contribution in [3.63, 3.8) is 0 Å². The zero-order valence-corrected chi connectivity index (χ0v) is 13.5. The van der Waals surface area contributed by atoms with Crippen LogP contribution in [0.25, 0.3) is 0 Å². The standard InChI is InChI=1S/C16H20ClNO3/c1-10(19)16(7-8-16)11-5-6-12(17)13(9-11)18-14(20)21-15(2,3)4/h5-6,9H,7-8H2,1-4H3,(H,18,20). The molecule has 1 aliphatic rings. The quantitative estimate of drug-likeness (QED) is 0.905. The summed E-state index contributed by atoms with van der Waals surface area (Å²) in [5, 5.41) is 3.06. The van der Waals surface area contributed by atoms with Gasteiger partial charge in [-0.1, -0.05) is 17.7 Å². The summed E-state index contributed by atoms with van der Waals surface area (Å²) in [6.45, 7) is 6.97. The van der Waals surface area contributed by atoms with Crippen molar-refractivity contribution in [2.45, 2.75) is 51.6 Å². The molecule has 0 bridgehead atoms. The topological polar surface area (TPSA) is 55.4 Å².